The Morgan fingerprint density at radius 3 is 2.50 bits per heavy atom. The Balaban J connectivity index is 3.04. The second-order valence-electron chi connectivity index (χ2n) is 4.23. The molecule has 5 nitrogen and oxygen atoms in total. The van der Waals surface area contributed by atoms with Gasteiger partial charge in [0.2, 0.25) is 5.91 Å². The second-order valence-corrected chi connectivity index (χ2v) is 4.23. The van der Waals surface area contributed by atoms with E-state index in [0.717, 1.165) is 6.07 Å². The van der Waals surface area contributed by atoms with Crippen molar-refractivity contribution >= 4 is 17.6 Å². The summed E-state index contributed by atoms with van der Waals surface area (Å²) in [6.07, 6.45) is 0. The monoisotopic (exact) mass is 254 g/mol. The minimum atomic E-state index is -1.32. The van der Waals surface area contributed by atoms with Crippen molar-refractivity contribution in [3.63, 3.8) is 0 Å². The number of hydrogen-bond donors (Lipinski definition) is 3. The first kappa shape index (κ1) is 14.1. The smallest absolute Gasteiger partial charge is 0.337 e. The maximum atomic E-state index is 13.5. The molecule has 0 radical (unpaired) electrons. The van der Waals surface area contributed by atoms with Gasteiger partial charge in [-0.25, -0.2) is 9.18 Å². The van der Waals surface area contributed by atoms with Crippen LogP contribution in [-0.4, -0.2) is 23.0 Å². The summed E-state index contributed by atoms with van der Waals surface area (Å²) < 4.78 is 13.5. The minimum absolute atomic E-state index is 0.134. The Labute approximate surface area is 104 Å². The molecule has 0 spiro atoms. The van der Waals surface area contributed by atoms with Gasteiger partial charge in [-0.3, -0.25) is 4.79 Å². The molecule has 1 atom stereocenters. The van der Waals surface area contributed by atoms with Gasteiger partial charge in [-0.15, -0.1) is 0 Å². The zero-order valence-electron chi connectivity index (χ0n) is 10.1. The van der Waals surface area contributed by atoms with Crippen molar-refractivity contribution in [2.45, 2.75) is 19.9 Å². The molecule has 0 aliphatic rings. The standard InChI is InChI=1S/C12H15FN2O3/c1-6(2)9(14)11(16)15-10-7(12(17)18)4-3-5-8(10)13/h3-6,9H,14H2,1-2H3,(H,15,16)(H,17,18)/t9-/m1/s1. The van der Waals surface area contributed by atoms with Crippen LogP contribution in [0.3, 0.4) is 0 Å². The first-order valence-corrected chi connectivity index (χ1v) is 5.42. The Morgan fingerprint density at radius 1 is 1.39 bits per heavy atom. The maximum absolute atomic E-state index is 13.5. The molecule has 1 aromatic rings. The van der Waals surface area contributed by atoms with Crippen LogP contribution in [0.2, 0.25) is 0 Å². The summed E-state index contributed by atoms with van der Waals surface area (Å²) in [7, 11) is 0. The molecule has 0 aliphatic heterocycles. The summed E-state index contributed by atoms with van der Waals surface area (Å²) in [6.45, 7) is 3.48. The van der Waals surface area contributed by atoms with Gasteiger partial charge in [0.15, 0.2) is 0 Å². The molecular formula is C12H15FN2O3. The van der Waals surface area contributed by atoms with Crippen LogP contribution in [0.1, 0.15) is 24.2 Å². The number of benzene rings is 1. The van der Waals surface area contributed by atoms with Crippen LogP contribution in [0.4, 0.5) is 10.1 Å². The normalized spacial score (nSPS) is 12.3. The summed E-state index contributed by atoms with van der Waals surface area (Å²) in [6, 6.07) is 2.72. The van der Waals surface area contributed by atoms with E-state index in [9.17, 15) is 14.0 Å². The first-order chi connectivity index (χ1) is 8.34. The molecule has 0 saturated heterocycles. The maximum Gasteiger partial charge on any atom is 0.337 e. The number of para-hydroxylation sites is 1. The van der Waals surface area contributed by atoms with Crippen LogP contribution in [0.25, 0.3) is 0 Å². The fourth-order valence-corrected chi connectivity index (χ4v) is 1.34. The Kier molecular flexibility index (Phi) is 4.38. The summed E-state index contributed by atoms with van der Waals surface area (Å²) in [5, 5.41) is 11.1. The van der Waals surface area contributed by atoms with E-state index < -0.39 is 23.7 Å². The predicted octanol–water partition coefficient (Wildman–Crippen LogP) is 1.45. The highest BCUT2D eigenvalue weighted by Gasteiger charge is 2.21. The number of amides is 1. The molecule has 1 aromatic carbocycles. The van der Waals surface area contributed by atoms with Gasteiger partial charge in [0.05, 0.1) is 17.3 Å². The molecule has 98 valence electrons. The molecule has 1 amide bonds. The minimum Gasteiger partial charge on any atom is -0.478 e. The van der Waals surface area contributed by atoms with Crippen molar-refractivity contribution in [2.75, 3.05) is 5.32 Å². The molecule has 4 N–H and O–H groups in total. The highest BCUT2D eigenvalue weighted by atomic mass is 19.1. The average molecular weight is 254 g/mol. The SMILES string of the molecule is CC(C)[C@@H](N)C(=O)Nc1c(F)cccc1C(=O)O. The van der Waals surface area contributed by atoms with Crippen LogP contribution in [0.5, 0.6) is 0 Å². The fourth-order valence-electron chi connectivity index (χ4n) is 1.34. The molecular weight excluding hydrogens is 239 g/mol. The van der Waals surface area contributed by atoms with Crippen molar-refractivity contribution in [1.29, 1.82) is 0 Å². The van der Waals surface area contributed by atoms with E-state index in [1.807, 2.05) is 0 Å². The number of anilines is 1. The lowest BCUT2D eigenvalue weighted by molar-refractivity contribution is -0.118. The van der Waals surface area contributed by atoms with E-state index in [1.165, 1.54) is 12.1 Å². The van der Waals surface area contributed by atoms with E-state index >= 15 is 0 Å². The molecule has 0 saturated carbocycles. The number of hydrogen-bond acceptors (Lipinski definition) is 3. The van der Waals surface area contributed by atoms with Crippen molar-refractivity contribution in [2.24, 2.45) is 11.7 Å². The van der Waals surface area contributed by atoms with Crippen molar-refractivity contribution in [3.05, 3.63) is 29.6 Å². The lowest BCUT2D eigenvalue weighted by atomic mass is 10.0. The number of rotatable bonds is 4. The van der Waals surface area contributed by atoms with Crippen LogP contribution < -0.4 is 11.1 Å². The van der Waals surface area contributed by atoms with Crippen LogP contribution >= 0.6 is 0 Å². The number of carbonyl (C=O) groups excluding carboxylic acids is 1. The van der Waals surface area contributed by atoms with Gasteiger partial charge in [0.1, 0.15) is 5.82 Å². The van der Waals surface area contributed by atoms with E-state index in [0.29, 0.717) is 0 Å². The average Bonchev–Trinajstić information content (AvgIpc) is 2.30. The number of nitrogens with one attached hydrogen (secondary N) is 1. The Morgan fingerprint density at radius 2 is 2.00 bits per heavy atom. The summed E-state index contributed by atoms with van der Waals surface area (Å²) in [5.41, 5.74) is 4.94. The van der Waals surface area contributed by atoms with Crippen LogP contribution in [0.15, 0.2) is 18.2 Å². The molecule has 1 rings (SSSR count). The molecule has 6 heteroatoms. The van der Waals surface area contributed by atoms with Gasteiger partial charge in [-0.2, -0.15) is 0 Å². The zero-order chi connectivity index (χ0) is 13.9. The number of nitrogens with two attached hydrogens (primary N) is 1. The van der Waals surface area contributed by atoms with E-state index in [4.69, 9.17) is 10.8 Å². The zero-order valence-corrected chi connectivity index (χ0v) is 10.1. The number of halogens is 1. The molecule has 0 unspecified atom stereocenters. The van der Waals surface area contributed by atoms with Crippen molar-refractivity contribution in [1.82, 2.24) is 0 Å². The van der Waals surface area contributed by atoms with Gasteiger partial charge in [-0.05, 0) is 18.1 Å². The number of aromatic carboxylic acids is 1. The van der Waals surface area contributed by atoms with Crippen LogP contribution in [-0.2, 0) is 4.79 Å². The topological polar surface area (TPSA) is 92.4 Å². The van der Waals surface area contributed by atoms with Gasteiger partial charge in [0, 0.05) is 0 Å². The molecule has 18 heavy (non-hydrogen) atoms. The van der Waals surface area contributed by atoms with Gasteiger partial charge in [0.25, 0.3) is 0 Å². The fraction of sp³-hybridized carbons (Fsp3) is 0.333. The van der Waals surface area contributed by atoms with Gasteiger partial charge >= 0.3 is 5.97 Å². The number of carbonyl (C=O) groups is 2. The largest absolute Gasteiger partial charge is 0.478 e. The third-order valence-corrected chi connectivity index (χ3v) is 2.51. The molecule has 0 heterocycles. The first-order valence-electron chi connectivity index (χ1n) is 5.42. The summed E-state index contributed by atoms with van der Waals surface area (Å²) >= 11 is 0. The number of carboxylic acids is 1. The van der Waals surface area contributed by atoms with Crippen molar-refractivity contribution < 1.29 is 19.1 Å². The lowest BCUT2D eigenvalue weighted by Gasteiger charge is -2.16. The van der Waals surface area contributed by atoms with E-state index in [1.54, 1.807) is 13.8 Å². The Hall–Kier alpha value is -1.95. The van der Waals surface area contributed by atoms with E-state index in [-0.39, 0.29) is 17.2 Å². The second kappa shape index (κ2) is 5.59. The highest BCUT2D eigenvalue weighted by Crippen LogP contribution is 2.20. The molecule has 0 aliphatic carbocycles. The highest BCUT2D eigenvalue weighted by molar-refractivity contribution is 6.02. The lowest BCUT2D eigenvalue weighted by Crippen LogP contribution is -2.40. The third kappa shape index (κ3) is 3.04. The Bertz CT molecular complexity index is 474. The van der Waals surface area contributed by atoms with Crippen molar-refractivity contribution in [3.8, 4) is 0 Å². The summed E-state index contributed by atoms with van der Waals surface area (Å²) in [4.78, 5) is 22.6. The van der Waals surface area contributed by atoms with Gasteiger partial charge in [-0.1, -0.05) is 19.9 Å². The molecule has 0 aromatic heterocycles. The van der Waals surface area contributed by atoms with E-state index in [2.05, 4.69) is 5.32 Å². The number of carboxylic acid groups (broad SMARTS) is 1. The molecule has 0 bridgehead atoms. The van der Waals surface area contributed by atoms with Crippen LogP contribution in [0, 0.1) is 11.7 Å². The predicted molar refractivity (Wildman–Crippen MR) is 64.8 cm³/mol. The molecule has 0 fully saturated rings. The third-order valence-electron chi connectivity index (χ3n) is 2.51. The summed E-state index contributed by atoms with van der Waals surface area (Å²) in [5.74, 6) is -2.87. The van der Waals surface area contributed by atoms with Gasteiger partial charge < -0.3 is 16.2 Å². The quantitative estimate of drug-likeness (QED) is 0.758.